The Balaban J connectivity index is 1.20. The third-order valence-corrected chi connectivity index (χ3v) is 12.4. The quantitative estimate of drug-likeness (QED) is 0.185. The molecule has 0 amide bonds. The molecule has 0 aliphatic heterocycles. The van der Waals surface area contributed by atoms with Crippen molar-refractivity contribution in [3.8, 4) is 39.5 Å². The molecule has 4 aromatic heterocycles. The highest BCUT2D eigenvalue weighted by Gasteiger charge is 2.21. The number of hydrogen-bond donors (Lipinski definition) is 0. The van der Waals surface area contributed by atoms with Gasteiger partial charge in [-0.2, -0.15) is 0 Å². The van der Waals surface area contributed by atoms with Crippen molar-refractivity contribution in [2.45, 2.75) is 0 Å². The predicted molar refractivity (Wildman–Crippen MR) is 218 cm³/mol. The number of fused-ring (bicyclic) bond motifs is 9. The molecule has 7 aromatic carbocycles. The number of aromatic nitrogens is 3. The highest BCUT2D eigenvalue weighted by molar-refractivity contribution is 7.27. The third-order valence-electron chi connectivity index (χ3n) is 10.0. The van der Waals surface area contributed by atoms with Gasteiger partial charge < -0.3 is 4.57 Å². The Kier molecular flexibility index (Phi) is 6.29. The summed E-state index contributed by atoms with van der Waals surface area (Å²) in [5.41, 5.74) is 10.0. The van der Waals surface area contributed by atoms with Crippen LogP contribution in [0.25, 0.3) is 102 Å². The maximum Gasteiger partial charge on any atom is 0.160 e. The minimum atomic E-state index is 0.737. The maximum absolute atomic E-state index is 5.47. The monoisotopic (exact) mass is 685 g/mol. The average molecular weight is 686 g/mol. The molecule has 0 spiro atoms. The minimum absolute atomic E-state index is 0.737. The molecule has 0 atom stereocenters. The minimum Gasteiger partial charge on any atom is -0.309 e. The van der Waals surface area contributed by atoms with Crippen LogP contribution in [0.1, 0.15) is 0 Å². The second kappa shape index (κ2) is 11.2. The van der Waals surface area contributed by atoms with Crippen molar-refractivity contribution < 1.29 is 0 Å². The van der Waals surface area contributed by atoms with Gasteiger partial charge in [-0.05, 0) is 65.7 Å². The first-order valence-corrected chi connectivity index (χ1v) is 18.7. The summed E-state index contributed by atoms with van der Waals surface area (Å²) in [5.74, 6) is 0.737. The molecule has 0 radical (unpaired) electrons. The molecule has 0 bridgehead atoms. The Morgan fingerprint density at radius 2 is 1.02 bits per heavy atom. The topological polar surface area (TPSA) is 30.7 Å². The van der Waals surface area contributed by atoms with Gasteiger partial charge in [-0.3, -0.25) is 0 Å². The normalized spacial score (nSPS) is 11.9. The molecule has 3 nitrogen and oxygen atoms in total. The fourth-order valence-electron chi connectivity index (χ4n) is 7.66. The van der Waals surface area contributed by atoms with Crippen LogP contribution in [0.4, 0.5) is 0 Å². The Morgan fingerprint density at radius 1 is 0.412 bits per heavy atom. The molecule has 0 unspecified atom stereocenters. The van der Waals surface area contributed by atoms with E-state index in [0.29, 0.717) is 0 Å². The van der Waals surface area contributed by atoms with Crippen LogP contribution >= 0.6 is 22.7 Å². The highest BCUT2D eigenvalue weighted by Crippen LogP contribution is 2.45. The van der Waals surface area contributed by atoms with E-state index in [1.807, 2.05) is 11.3 Å². The van der Waals surface area contributed by atoms with Crippen molar-refractivity contribution in [1.29, 1.82) is 0 Å². The summed E-state index contributed by atoms with van der Waals surface area (Å²) in [4.78, 5) is 10.8. The molecular formula is C46H27N3S2. The van der Waals surface area contributed by atoms with Gasteiger partial charge in [0, 0.05) is 57.8 Å². The van der Waals surface area contributed by atoms with Gasteiger partial charge in [0.05, 0.1) is 26.9 Å². The van der Waals surface area contributed by atoms with E-state index in [2.05, 4.69) is 168 Å². The predicted octanol–water partition coefficient (Wildman–Crippen LogP) is 13.3. The van der Waals surface area contributed by atoms with E-state index >= 15 is 0 Å². The van der Waals surface area contributed by atoms with Gasteiger partial charge in [-0.25, -0.2) is 9.97 Å². The van der Waals surface area contributed by atoms with Gasteiger partial charge in [-0.15, -0.1) is 22.7 Å². The molecule has 0 aliphatic rings. The Labute approximate surface area is 301 Å². The Bertz CT molecular complexity index is 3130. The second-order valence-electron chi connectivity index (χ2n) is 13.0. The molecule has 11 rings (SSSR count). The first-order chi connectivity index (χ1) is 25.3. The van der Waals surface area contributed by atoms with Crippen LogP contribution in [-0.4, -0.2) is 14.5 Å². The van der Waals surface area contributed by atoms with E-state index < -0.39 is 0 Å². The summed E-state index contributed by atoms with van der Waals surface area (Å²) < 4.78 is 7.26. The first kappa shape index (κ1) is 28.7. The van der Waals surface area contributed by atoms with E-state index in [9.17, 15) is 0 Å². The van der Waals surface area contributed by atoms with Crippen LogP contribution in [0.5, 0.6) is 0 Å². The van der Waals surface area contributed by atoms with Crippen LogP contribution in [-0.2, 0) is 0 Å². The smallest absolute Gasteiger partial charge is 0.160 e. The van der Waals surface area contributed by atoms with E-state index in [4.69, 9.17) is 9.97 Å². The van der Waals surface area contributed by atoms with Crippen LogP contribution in [0.3, 0.4) is 0 Å². The molecule has 51 heavy (non-hydrogen) atoms. The van der Waals surface area contributed by atoms with Crippen LogP contribution < -0.4 is 0 Å². The van der Waals surface area contributed by atoms with Gasteiger partial charge in [0.2, 0.25) is 0 Å². The Hall–Kier alpha value is -6.14. The molecule has 11 aromatic rings. The lowest BCUT2D eigenvalue weighted by molar-refractivity contribution is 1.18. The standard InChI is InChI=1S/C46H27N3S2/c1-3-12-28(13-4-1)29-22-24-38-36(26-29)37-27-30(23-25-39(37)49(38)31-14-5-2-6-15-31)46-47-42-34-17-8-10-21-41(34)51-45(42)43(48-46)35-19-11-18-33-32-16-7-9-20-40(32)50-44(33)35/h1-27H. The number of para-hydroxylation sites is 1. The lowest BCUT2D eigenvalue weighted by atomic mass is 10.0. The van der Waals surface area contributed by atoms with Crippen molar-refractivity contribution in [3.63, 3.8) is 0 Å². The summed E-state index contributed by atoms with van der Waals surface area (Å²) in [6, 6.07) is 58.8. The summed E-state index contributed by atoms with van der Waals surface area (Å²) in [5, 5.41) is 6.11. The van der Waals surface area contributed by atoms with E-state index in [1.54, 1.807) is 11.3 Å². The molecule has 0 N–H and O–H groups in total. The summed E-state index contributed by atoms with van der Waals surface area (Å²) in [7, 11) is 0. The van der Waals surface area contributed by atoms with Crippen molar-refractivity contribution in [2.24, 2.45) is 0 Å². The number of benzene rings is 7. The number of rotatable bonds is 4. The molecule has 238 valence electrons. The summed E-state index contributed by atoms with van der Waals surface area (Å²) in [6.45, 7) is 0. The van der Waals surface area contributed by atoms with Gasteiger partial charge in [0.1, 0.15) is 0 Å². The zero-order valence-electron chi connectivity index (χ0n) is 27.2. The van der Waals surface area contributed by atoms with E-state index in [0.717, 1.165) is 44.1 Å². The molecule has 0 saturated heterocycles. The zero-order chi connectivity index (χ0) is 33.5. The largest absolute Gasteiger partial charge is 0.309 e. The summed E-state index contributed by atoms with van der Waals surface area (Å²) >= 11 is 3.63. The highest BCUT2D eigenvalue weighted by atomic mass is 32.1. The molecular weight excluding hydrogens is 659 g/mol. The molecule has 0 aliphatic carbocycles. The van der Waals surface area contributed by atoms with Crippen LogP contribution in [0, 0.1) is 0 Å². The average Bonchev–Trinajstić information content (AvgIpc) is 3.87. The van der Waals surface area contributed by atoms with Crippen LogP contribution in [0.15, 0.2) is 164 Å². The summed E-state index contributed by atoms with van der Waals surface area (Å²) in [6.07, 6.45) is 0. The van der Waals surface area contributed by atoms with Gasteiger partial charge >= 0.3 is 0 Å². The number of hydrogen-bond acceptors (Lipinski definition) is 4. The molecule has 4 heterocycles. The lowest BCUT2D eigenvalue weighted by Gasteiger charge is -2.09. The molecule has 0 fully saturated rings. The van der Waals surface area contributed by atoms with Crippen molar-refractivity contribution in [2.75, 3.05) is 0 Å². The molecule has 0 saturated carbocycles. The van der Waals surface area contributed by atoms with E-state index in [1.165, 1.54) is 57.7 Å². The maximum atomic E-state index is 5.47. The van der Waals surface area contributed by atoms with E-state index in [-0.39, 0.29) is 0 Å². The van der Waals surface area contributed by atoms with Gasteiger partial charge in [0.15, 0.2) is 5.82 Å². The van der Waals surface area contributed by atoms with Gasteiger partial charge in [-0.1, -0.05) is 109 Å². The van der Waals surface area contributed by atoms with Crippen molar-refractivity contribution in [1.82, 2.24) is 14.5 Å². The van der Waals surface area contributed by atoms with Crippen molar-refractivity contribution in [3.05, 3.63) is 164 Å². The Morgan fingerprint density at radius 3 is 1.80 bits per heavy atom. The third kappa shape index (κ3) is 4.42. The lowest BCUT2D eigenvalue weighted by Crippen LogP contribution is -1.95. The van der Waals surface area contributed by atoms with Crippen molar-refractivity contribution >= 4 is 85.0 Å². The van der Waals surface area contributed by atoms with Crippen LogP contribution in [0.2, 0.25) is 0 Å². The molecule has 5 heteroatoms. The van der Waals surface area contributed by atoms with Gasteiger partial charge in [0.25, 0.3) is 0 Å². The fraction of sp³-hybridized carbons (Fsp3) is 0. The second-order valence-corrected chi connectivity index (χ2v) is 15.1. The SMILES string of the molecule is c1ccc(-c2ccc3c(c2)c2cc(-c4nc(-c5cccc6c5sc5ccccc56)c5sc6ccccc6c5n4)ccc2n3-c2ccccc2)cc1. The first-order valence-electron chi connectivity index (χ1n) is 17.1. The number of thiophene rings is 2. The number of nitrogens with zero attached hydrogens (tertiary/aromatic N) is 3. The fourth-order valence-corrected chi connectivity index (χ4v) is 10.0. The zero-order valence-corrected chi connectivity index (χ0v) is 28.9.